The van der Waals surface area contributed by atoms with Gasteiger partial charge in [-0.2, -0.15) is 13.2 Å². The van der Waals surface area contributed by atoms with Gasteiger partial charge in [0.2, 0.25) is 5.91 Å². The van der Waals surface area contributed by atoms with Crippen LogP contribution in [0.4, 0.5) is 18.3 Å². The molecule has 0 saturated carbocycles. The number of thiazole rings is 1. The summed E-state index contributed by atoms with van der Waals surface area (Å²) >= 11 is 0.795. The van der Waals surface area contributed by atoms with Crippen LogP contribution in [0.15, 0.2) is 5.38 Å². The van der Waals surface area contributed by atoms with Crippen LogP contribution in [0.2, 0.25) is 0 Å². The third-order valence-corrected chi connectivity index (χ3v) is 6.71. The second-order valence-electron chi connectivity index (χ2n) is 4.66. The number of halogens is 3. The van der Waals surface area contributed by atoms with E-state index in [1.807, 2.05) is 21.6 Å². The lowest BCUT2D eigenvalue weighted by molar-refractivity contribution is -0.140. The minimum absolute atomic E-state index is 0.00933. The van der Waals surface area contributed by atoms with Gasteiger partial charge in [0.1, 0.15) is 0 Å². The second-order valence-corrected chi connectivity index (χ2v) is 8.30. The fourth-order valence-electron chi connectivity index (χ4n) is 1.87. The fourth-order valence-corrected chi connectivity index (χ4v) is 5.63. The Hall–Kier alpha value is -0.410. The summed E-state index contributed by atoms with van der Waals surface area (Å²) in [5, 5.41) is 4.03. The van der Waals surface area contributed by atoms with Crippen molar-refractivity contribution < 1.29 is 18.0 Å². The van der Waals surface area contributed by atoms with Crippen molar-refractivity contribution in [2.75, 3.05) is 11.1 Å². The molecule has 1 atom stereocenters. The number of carbonyl (C=O) groups excluding carboxylic acids is 1. The van der Waals surface area contributed by atoms with Crippen LogP contribution in [0.5, 0.6) is 0 Å². The number of alkyl halides is 3. The predicted molar refractivity (Wildman–Crippen MR) is 82.7 cm³/mol. The van der Waals surface area contributed by atoms with Crippen LogP contribution in [-0.4, -0.2) is 21.9 Å². The van der Waals surface area contributed by atoms with Crippen molar-refractivity contribution in [2.45, 2.75) is 43.5 Å². The summed E-state index contributed by atoms with van der Waals surface area (Å²) in [6.45, 7) is 0. The van der Waals surface area contributed by atoms with E-state index in [9.17, 15) is 18.0 Å². The van der Waals surface area contributed by atoms with Crippen molar-refractivity contribution in [2.24, 2.45) is 0 Å². The zero-order valence-electron chi connectivity index (χ0n) is 11.1. The summed E-state index contributed by atoms with van der Waals surface area (Å²) in [7, 11) is 3.80. The van der Waals surface area contributed by atoms with Crippen molar-refractivity contribution in [3.05, 3.63) is 11.1 Å². The number of aromatic nitrogens is 1. The molecule has 21 heavy (non-hydrogen) atoms. The van der Waals surface area contributed by atoms with Crippen molar-refractivity contribution >= 4 is 44.0 Å². The van der Waals surface area contributed by atoms with E-state index in [1.54, 1.807) is 0 Å². The number of hydrogen-bond donors (Lipinski definition) is 1. The molecule has 1 amide bonds. The molecule has 0 spiro atoms. The van der Waals surface area contributed by atoms with E-state index >= 15 is 0 Å². The molecule has 0 aliphatic carbocycles. The minimum Gasteiger partial charge on any atom is -0.302 e. The Kier molecular flexibility index (Phi) is 6.24. The molecule has 1 saturated heterocycles. The van der Waals surface area contributed by atoms with Gasteiger partial charge in [0, 0.05) is 22.8 Å². The second kappa shape index (κ2) is 7.73. The third kappa shape index (κ3) is 5.71. The maximum atomic E-state index is 12.4. The Morgan fingerprint density at radius 1 is 1.43 bits per heavy atom. The highest BCUT2D eigenvalue weighted by Crippen LogP contribution is 2.39. The van der Waals surface area contributed by atoms with E-state index in [0.717, 1.165) is 36.0 Å². The number of rotatable bonds is 6. The quantitative estimate of drug-likeness (QED) is 0.586. The van der Waals surface area contributed by atoms with Crippen LogP contribution < -0.4 is 5.32 Å². The molecule has 0 bridgehead atoms. The molecule has 3 nitrogen and oxygen atoms in total. The van der Waals surface area contributed by atoms with Crippen molar-refractivity contribution in [1.82, 2.24) is 4.98 Å². The Balaban J connectivity index is 1.66. The SMILES string of the molecule is O=C(CCCCC1CCSS1)Nc1nc(C(F)(F)F)cs1. The van der Waals surface area contributed by atoms with Gasteiger partial charge >= 0.3 is 6.18 Å². The maximum absolute atomic E-state index is 12.4. The summed E-state index contributed by atoms with van der Waals surface area (Å²) in [6.07, 6.45) is -0.0917. The highest BCUT2D eigenvalue weighted by molar-refractivity contribution is 8.77. The standard InChI is InChI=1S/C12H15F3N2OS3/c13-12(14,15)9-7-19-11(16-9)17-10(18)4-2-1-3-8-5-6-20-21-8/h7-8H,1-6H2,(H,16,17,18). The first kappa shape index (κ1) is 17.0. The topological polar surface area (TPSA) is 42.0 Å². The summed E-state index contributed by atoms with van der Waals surface area (Å²) < 4.78 is 37.1. The Morgan fingerprint density at radius 2 is 2.24 bits per heavy atom. The molecule has 1 aromatic heterocycles. The average Bonchev–Trinajstić information content (AvgIpc) is 3.04. The first-order valence-corrected chi connectivity index (χ1v) is 9.82. The van der Waals surface area contributed by atoms with Crippen molar-refractivity contribution in [3.63, 3.8) is 0 Å². The molecule has 1 fully saturated rings. The van der Waals surface area contributed by atoms with Gasteiger partial charge in [-0.25, -0.2) is 4.98 Å². The Morgan fingerprint density at radius 3 is 2.86 bits per heavy atom. The molecule has 1 aromatic rings. The molecule has 0 radical (unpaired) electrons. The van der Waals surface area contributed by atoms with E-state index in [2.05, 4.69) is 10.3 Å². The molecule has 1 N–H and O–H groups in total. The first-order chi connectivity index (χ1) is 9.95. The number of nitrogens with one attached hydrogen (secondary N) is 1. The van der Waals surface area contributed by atoms with E-state index in [1.165, 1.54) is 12.2 Å². The van der Waals surface area contributed by atoms with Gasteiger partial charge in [0.15, 0.2) is 10.8 Å². The van der Waals surface area contributed by atoms with Gasteiger partial charge < -0.3 is 5.32 Å². The van der Waals surface area contributed by atoms with Gasteiger partial charge in [-0.15, -0.1) is 11.3 Å². The van der Waals surface area contributed by atoms with Crippen molar-refractivity contribution in [3.8, 4) is 0 Å². The summed E-state index contributed by atoms with van der Waals surface area (Å²) in [4.78, 5) is 15.0. The number of amides is 1. The Labute approximate surface area is 132 Å². The molecule has 0 aromatic carbocycles. The van der Waals surface area contributed by atoms with Crippen LogP contribution >= 0.6 is 32.9 Å². The molecule has 1 unspecified atom stereocenters. The number of unbranched alkanes of at least 4 members (excludes halogenated alkanes) is 1. The van der Waals surface area contributed by atoms with Gasteiger partial charge in [-0.1, -0.05) is 28.0 Å². The van der Waals surface area contributed by atoms with Crippen LogP contribution in [0.25, 0.3) is 0 Å². The zero-order valence-corrected chi connectivity index (χ0v) is 13.6. The molecule has 9 heteroatoms. The number of anilines is 1. The highest BCUT2D eigenvalue weighted by atomic mass is 33.1. The van der Waals surface area contributed by atoms with Crippen LogP contribution in [0.1, 0.15) is 37.8 Å². The fraction of sp³-hybridized carbons (Fsp3) is 0.667. The van der Waals surface area contributed by atoms with Crippen LogP contribution in [0.3, 0.4) is 0 Å². The van der Waals surface area contributed by atoms with E-state index in [-0.39, 0.29) is 11.0 Å². The number of carbonyl (C=O) groups is 1. The summed E-state index contributed by atoms with van der Waals surface area (Å²) in [5.41, 5.74) is -0.960. The normalized spacial score (nSPS) is 18.9. The molecular weight excluding hydrogens is 341 g/mol. The van der Waals surface area contributed by atoms with E-state index < -0.39 is 11.9 Å². The van der Waals surface area contributed by atoms with Crippen molar-refractivity contribution in [1.29, 1.82) is 0 Å². The average molecular weight is 356 g/mol. The largest absolute Gasteiger partial charge is 0.434 e. The summed E-state index contributed by atoms with van der Waals surface area (Å²) in [6, 6.07) is 0. The molecule has 1 aliphatic heterocycles. The maximum Gasteiger partial charge on any atom is 0.434 e. The lowest BCUT2D eigenvalue weighted by atomic mass is 10.1. The number of nitrogens with zero attached hydrogens (tertiary/aromatic N) is 1. The molecule has 2 heterocycles. The molecule has 1 aliphatic rings. The molecule has 118 valence electrons. The highest BCUT2D eigenvalue weighted by Gasteiger charge is 2.33. The first-order valence-electron chi connectivity index (χ1n) is 6.56. The third-order valence-electron chi connectivity index (χ3n) is 2.95. The zero-order chi connectivity index (χ0) is 15.3. The van der Waals surface area contributed by atoms with Gasteiger partial charge in [-0.05, 0) is 19.3 Å². The minimum atomic E-state index is -4.46. The smallest absolute Gasteiger partial charge is 0.302 e. The molecular formula is C12H15F3N2OS3. The van der Waals surface area contributed by atoms with Crippen LogP contribution in [0, 0.1) is 0 Å². The van der Waals surface area contributed by atoms with Gasteiger partial charge in [0.05, 0.1) is 0 Å². The molecule has 2 rings (SSSR count). The van der Waals surface area contributed by atoms with E-state index in [0.29, 0.717) is 11.7 Å². The lowest BCUT2D eigenvalue weighted by Crippen LogP contribution is -2.12. The summed E-state index contributed by atoms with van der Waals surface area (Å²) in [5.74, 6) is 0.924. The van der Waals surface area contributed by atoms with Gasteiger partial charge in [-0.3, -0.25) is 4.79 Å². The number of hydrogen-bond acceptors (Lipinski definition) is 5. The van der Waals surface area contributed by atoms with Gasteiger partial charge in [0.25, 0.3) is 0 Å². The monoisotopic (exact) mass is 356 g/mol. The predicted octanol–water partition coefficient (Wildman–Crippen LogP) is 4.81. The van der Waals surface area contributed by atoms with E-state index in [4.69, 9.17) is 0 Å². The Bertz CT molecular complexity index is 473. The van der Waals surface area contributed by atoms with Crippen LogP contribution in [-0.2, 0) is 11.0 Å². The lowest BCUT2D eigenvalue weighted by Gasteiger charge is -2.06.